The zero-order valence-corrected chi connectivity index (χ0v) is 18.4. The lowest BCUT2D eigenvalue weighted by molar-refractivity contribution is -0.135. The van der Waals surface area contributed by atoms with Crippen molar-refractivity contribution in [2.45, 2.75) is 38.6 Å². The Morgan fingerprint density at radius 1 is 1.12 bits per heavy atom. The average molecular weight is 454 g/mol. The number of rotatable bonds is 6. The van der Waals surface area contributed by atoms with Gasteiger partial charge < -0.3 is 4.90 Å². The summed E-state index contributed by atoms with van der Waals surface area (Å²) >= 11 is 1.37. The van der Waals surface area contributed by atoms with Crippen LogP contribution in [-0.4, -0.2) is 44.8 Å². The summed E-state index contributed by atoms with van der Waals surface area (Å²) in [6, 6.07) is 4.47. The standard InChI is InChI=1S/C23H24FN5O2S/c24-18-3-4-20-19(10-18)27-23(32-20)29(13-16-11-25-14-26-12-16)22(31)17-5-7-28(8-6-17)21(30)9-15-1-2-15/h3-4,10-12,14-15,17H,1-2,5-9,13H2. The maximum absolute atomic E-state index is 13.7. The minimum atomic E-state index is -0.355. The van der Waals surface area contributed by atoms with Gasteiger partial charge in [-0.25, -0.2) is 19.3 Å². The summed E-state index contributed by atoms with van der Waals surface area (Å²) in [6.07, 6.45) is 9.04. The molecule has 2 aliphatic rings. The fourth-order valence-electron chi connectivity index (χ4n) is 4.13. The Morgan fingerprint density at radius 2 is 1.88 bits per heavy atom. The number of carbonyl (C=O) groups excluding carboxylic acids is 2. The number of carbonyl (C=O) groups is 2. The molecule has 1 aliphatic carbocycles. The van der Waals surface area contributed by atoms with Crippen LogP contribution in [0.3, 0.4) is 0 Å². The fourth-order valence-corrected chi connectivity index (χ4v) is 5.08. The zero-order valence-electron chi connectivity index (χ0n) is 17.6. The second-order valence-corrected chi connectivity index (χ2v) is 9.59. The van der Waals surface area contributed by atoms with Crippen LogP contribution in [0.1, 0.15) is 37.7 Å². The van der Waals surface area contributed by atoms with Gasteiger partial charge in [0.2, 0.25) is 11.8 Å². The average Bonchev–Trinajstić information content (AvgIpc) is 3.53. The summed E-state index contributed by atoms with van der Waals surface area (Å²) in [5, 5.41) is 0.534. The van der Waals surface area contributed by atoms with Gasteiger partial charge in [-0.2, -0.15) is 0 Å². The lowest BCUT2D eigenvalue weighted by atomic mass is 9.95. The van der Waals surface area contributed by atoms with E-state index in [9.17, 15) is 14.0 Å². The van der Waals surface area contributed by atoms with Crippen LogP contribution >= 0.6 is 11.3 Å². The van der Waals surface area contributed by atoms with Gasteiger partial charge in [-0.05, 0) is 43.7 Å². The highest BCUT2D eigenvalue weighted by molar-refractivity contribution is 7.22. The van der Waals surface area contributed by atoms with Gasteiger partial charge in [0.05, 0.1) is 16.8 Å². The van der Waals surface area contributed by atoms with Crippen LogP contribution < -0.4 is 4.90 Å². The van der Waals surface area contributed by atoms with E-state index in [1.54, 1.807) is 23.4 Å². The summed E-state index contributed by atoms with van der Waals surface area (Å²) in [6.45, 7) is 1.51. The molecule has 0 radical (unpaired) electrons. The first-order chi connectivity index (χ1) is 15.6. The van der Waals surface area contributed by atoms with Crippen LogP contribution in [0.2, 0.25) is 0 Å². The van der Waals surface area contributed by atoms with Gasteiger partial charge in [-0.15, -0.1) is 0 Å². The van der Waals surface area contributed by atoms with Crippen molar-refractivity contribution in [3.05, 3.63) is 48.3 Å². The number of benzene rings is 1. The first kappa shape index (κ1) is 20.9. The molecule has 7 nitrogen and oxygen atoms in total. The quantitative estimate of drug-likeness (QED) is 0.567. The first-order valence-electron chi connectivity index (χ1n) is 11.0. The van der Waals surface area contributed by atoms with Gasteiger partial charge in [-0.1, -0.05) is 11.3 Å². The number of anilines is 1. The molecule has 32 heavy (non-hydrogen) atoms. The summed E-state index contributed by atoms with van der Waals surface area (Å²) in [5.41, 5.74) is 1.33. The molecule has 3 heterocycles. The lowest BCUT2D eigenvalue weighted by Gasteiger charge is -2.33. The number of likely N-dealkylation sites (tertiary alicyclic amines) is 1. The highest BCUT2D eigenvalue weighted by Crippen LogP contribution is 2.35. The predicted molar refractivity (Wildman–Crippen MR) is 119 cm³/mol. The lowest BCUT2D eigenvalue weighted by Crippen LogP contribution is -2.44. The molecule has 0 unspecified atom stereocenters. The molecule has 1 aliphatic heterocycles. The number of fused-ring (bicyclic) bond motifs is 1. The molecule has 0 bridgehead atoms. The third-order valence-electron chi connectivity index (χ3n) is 6.15. The van der Waals surface area contributed by atoms with E-state index in [0.29, 0.717) is 55.5 Å². The Hall–Kier alpha value is -2.94. The molecule has 2 amide bonds. The molecule has 3 aromatic rings. The Morgan fingerprint density at radius 3 is 2.59 bits per heavy atom. The molecular formula is C23H24FN5O2S. The number of halogens is 1. The number of thiazole rings is 1. The van der Waals surface area contributed by atoms with Crippen molar-refractivity contribution in [1.29, 1.82) is 0 Å². The summed E-state index contributed by atoms with van der Waals surface area (Å²) in [4.78, 5) is 42.2. The molecule has 2 aromatic heterocycles. The maximum Gasteiger partial charge on any atom is 0.232 e. The Kier molecular flexibility index (Phi) is 5.82. The molecule has 0 N–H and O–H groups in total. The van der Waals surface area contributed by atoms with Crippen LogP contribution in [0.4, 0.5) is 9.52 Å². The normalized spacial score (nSPS) is 17.0. The molecule has 5 rings (SSSR count). The largest absolute Gasteiger partial charge is 0.343 e. The third-order valence-corrected chi connectivity index (χ3v) is 7.21. The summed E-state index contributed by atoms with van der Waals surface area (Å²) in [7, 11) is 0. The molecule has 1 aromatic carbocycles. The van der Waals surface area contributed by atoms with Gasteiger partial charge in [0.1, 0.15) is 12.1 Å². The monoisotopic (exact) mass is 453 g/mol. The summed E-state index contributed by atoms with van der Waals surface area (Å²) < 4.78 is 14.5. The van der Waals surface area contributed by atoms with Gasteiger partial charge in [0.15, 0.2) is 5.13 Å². The minimum Gasteiger partial charge on any atom is -0.343 e. The number of aromatic nitrogens is 3. The van der Waals surface area contributed by atoms with Gasteiger partial charge in [0.25, 0.3) is 0 Å². The highest BCUT2D eigenvalue weighted by atomic mass is 32.1. The molecule has 166 valence electrons. The van der Waals surface area contributed by atoms with Crippen molar-refractivity contribution in [3.63, 3.8) is 0 Å². The van der Waals surface area contributed by atoms with Crippen LogP contribution in [0.25, 0.3) is 10.2 Å². The van der Waals surface area contributed by atoms with Crippen molar-refractivity contribution >= 4 is 38.5 Å². The van der Waals surface area contributed by atoms with Crippen molar-refractivity contribution in [2.75, 3.05) is 18.0 Å². The first-order valence-corrected chi connectivity index (χ1v) is 11.8. The minimum absolute atomic E-state index is 0.0253. The Bertz CT molecular complexity index is 1130. The van der Waals surface area contributed by atoms with E-state index in [4.69, 9.17) is 0 Å². The number of amides is 2. The summed E-state index contributed by atoms with van der Waals surface area (Å²) in [5.74, 6) is 0.210. The SMILES string of the molecule is O=C(CC1CC1)N1CCC(C(=O)N(Cc2cncnc2)c2nc3cc(F)ccc3s2)CC1. The topological polar surface area (TPSA) is 79.3 Å². The highest BCUT2D eigenvalue weighted by Gasteiger charge is 2.34. The van der Waals surface area contributed by atoms with Gasteiger partial charge in [0, 0.05) is 49.5 Å². The van der Waals surface area contributed by atoms with Crippen LogP contribution in [0, 0.1) is 17.7 Å². The van der Waals surface area contributed by atoms with Crippen LogP contribution in [0.15, 0.2) is 36.9 Å². The molecule has 1 saturated heterocycles. The molecule has 0 spiro atoms. The fraction of sp³-hybridized carbons (Fsp3) is 0.435. The van der Waals surface area contributed by atoms with Crippen molar-refractivity contribution in [3.8, 4) is 0 Å². The van der Waals surface area contributed by atoms with Gasteiger partial charge >= 0.3 is 0 Å². The molecule has 1 saturated carbocycles. The number of nitrogens with zero attached hydrogens (tertiary/aromatic N) is 5. The van der Waals surface area contributed by atoms with Gasteiger partial charge in [-0.3, -0.25) is 14.5 Å². The second kappa shape index (κ2) is 8.90. The van der Waals surface area contributed by atoms with Crippen LogP contribution in [0.5, 0.6) is 0 Å². The number of hydrogen-bond acceptors (Lipinski definition) is 6. The number of piperidine rings is 1. The smallest absolute Gasteiger partial charge is 0.232 e. The van der Waals surface area contributed by atoms with E-state index in [1.165, 1.54) is 29.8 Å². The van der Waals surface area contributed by atoms with E-state index in [0.717, 1.165) is 23.1 Å². The molecule has 0 atom stereocenters. The predicted octanol–water partition coefficient (Wildman–Crippen LogP) is 3.80. The third kappa shape index (κ3) is 4.62. The van der Waals surface area contributed by atoms with Crippen molar-refractivity contribution in [1.82, 2.24) is 19.9 Å². The van der Waals surface area contributed by atoms with E-state index in [1.807, 2.05) is 4.90 Å². The maximum atomic E-state index is 13.7. The van der Waals surface area contributed by atoms with Crippen molar-refractivity contribution < 1.29 is 14.0 Å². The molecule has 2 fully saturated rings. The Labute approximate surface area is 189 Å². The van der Waals surface area contributed by atoms with E-state index < -0.39 is 0 Å². The van der Waals surface area contributed by atoms with E-state index >= 15 is 0 Å². The number of hydrogen-bond donors (Lipinski definition) is 0. The van der Waals surface area contributed by atoms with Crippen LogP contribution in [-0.2, 0) is 16.1 Å². The molecule has 9 heteroatoms. The van der Waals surface area contributed by atoms with E-state index in [2.05, 4.69) is 15.0 Å². The Balaban J connectivity index is 1.35. The van der Waals surface area contributed by atoms with E-state index in [-0.39, 0.29) is 23.5 Å². The second-order valence-electron chi connectivity index (χ2n) is 8.58. The molecular weight excluding hydrogens is 429 g/mol. The van der Waals surface area contributed by atoms with Crippen molar-refractivity contribution in [2.24, 2.45) is 11.8 Å². The zero-order chi connectivity index (χ0) is 22.1.